The number of amides is 1. The fourth-order valence-electron chi connectivity index (χ4n) is 4.26. The number of imidazole rings is 1. The molecule has 3 aromatic rings. The van der Waals surface area contributed by atoms with Crippen molar-refractivity contribution in [3.63, 3.8) is 0 Å². The molecule has 4 heteroatoms. The lowest BCUT2D eigenvalue weighted by atomic mass is 9.87. The number of benzene rings is 2. The largest absolute Gasteiger partial charge is 0.345 e. The van der Waals surface area contributed by atoms with Crippen LogP contribution in [-0.2, 0) is 13.1 Å². The molecule has 0 atom stereocenters. The number of rotatable bonds is 6. The Kier molecular flexibility index (Phi) is 5.75. The summed E-state index contributed by atoms with van der Waals surface area (Å²) in [5.41, 5.74) is 4.01. The van der Waals surface area contributed by atoms with Gasteiger partial charge in [-0.2, -0.15) is 0 Å². The molecular weight excluding hydrogens is 346 g/mol. The van der Waals surface area contributed by atoms with Crippen LogP contribution in [0, 0.1) is 12.8 Å². The van der Waals surface area contributed by atoms with Crippen molar-refractivity contribution in [1.82, 2.24) is 14.9 Å². The molecule has 1 aliphatic carbocycles. The van der Waals surface area contributed by atoms with Gasteiger partial charge in [0.25, 0.3) is 5.91 Å². The molecule has 1 aromatic heterocycles. The topological polar surface area (TPSA) is 46.9 Å². The van der Waals surface area contributed by atoms with Crippen LogP contribution in [0.4, 0.5) is 0 Å². The minimum absolute atomic E-state index is 0.0501. The predicted molar refractivity (Wildman–Crippen MR) is 113 cm³/mol. The van der Waals surface area contributed by atoms with E-state index in [0.29, 0.717) is 12.1 Å². The second-order valence-corrected chi connectivity index (χ2v) is 8.01. The first kappa shape index (κ1) is 18.7. The molecule has 0 radical (unpaired) electrons. The van der Waals surface area contributed by atoms with E-state index in [0.717, 1.165) is 34.9 Å². The lowest BCUT2D eigenvalue weighted by Gasteiger charge is -2.22. The Labute approximate surface area is 167 Å². The van der Waals surface area contributed by atoms with E-state index < -0.39 is 0 Å². The smallest absolute Gasteiger partial charge is 0.251 e. The number of para-hydroxylation sites is 2. The molecule has 0 unspecified atom stereocenters. The van der Waals surface area contributed by atoms with Crippen LogP contribution in [0.25, 0.3) is 11.0 Å². The van der Waals surface area contributed by atoms with Gasteiger partial charge >= 0.3 is 0 Å². The molecule has 2 aromatic carbocycles. The third kappa shape index (κ3) is 4.27. The van der Waals surface area contributed by atoms with E-state index in [1.807, 2.05) is 37.3 Å². The average molecular weight is 376 g/mol. The summed E-state index contributed by atoms with van der Waals surface area (Å²) in [6.07, 6.45) is 8.03. The molecule has 0 spiro atoms. The van der Waals surface area contributed by atoms with Gasteiger partial charge in [-0.25, -0.2) is 4.98 Å². The Morgan fingerprint density at radius 1 is 1.07 bits per heavy atom. The van der Waals surface area contributed by atoms with Gasteiger partial charge in [-0.1, -0.05) is 61.9 Å². The van der Waals surface area contributed by atoms with Crippen LogP contribution in [0.1, 0.15) is 60.3 Å². The Hall–Kier alpha value is -2.62. The number of aromatic nitrogens is 2. The van der Waals surface area contributed by atoms with Gasteiger partial charge in [-0.15, -0.1) is 0 Å². The molecule has 1 heterocycles. The van der Waals surface area contributed by atoms with E-state index in [9.17, 15) is 4.79 Å². The fraction of sp³-hybridized carbons (Fsp3) is 0.417. The minimum Gasteiger partial charge on any atom is -0.345 e. The zero-order valence-corrected chi connectivity index (χ0v) is 16.7. The van der Waals surface area contributed by atoms with Crippen LogP contribution < -0.4 is 5.32 Å². The maximum atomic E-state index is 12.5. The van der Waals surface area contributed by atoms with Gasteiger partial charge in [0.2, 0.25) is 0 Å². The minimum atomic E-state index is -0.0501. The highest BCUT2D eigenvalue weighted by Gasteiger charge is 2.16. The Balaban J connectivity index is 1.49. The molecule has 1 fully saturated rings. The molecule has 1 amide bonds. The van der Waals surface area contributed by atoms with Crippen LogP contribution in [0.5, 0.6) is 0 Å². The zero-order valence-electron chi connectivity index (χ0n) is 16.7. The number of hydrogen-bond acceptors (Lipinski definition) is 2. The molecule has 0 aliphatic heterocycles. The van der Waals surface area contributed by atoms with Gasteiger partial charge in [-0.05, 0) is 43.5 Å². The number of carbonyl (C=O) groups excluding carboxylic acids is 1. The normalized spacial score (nSPS) is 15.0. The molecule has 1 N–H and O–H groups in total. The monoisotopic (exact) mass is 375 g/mol. The molecule has 4 nitrogen and oxygen atoms in total. The zero-order chi connectivity index (χ0) is 19.3. The summed E-state index contributed by atoms with van der Waals surface area (Å²) in [6, 6.07) is 16.0. The standard InChI is InChI=1S/C24H29N3O/c1-18-11-13-20(14-12-18)24(28)25-17-23-26-21-9-5-6-10-22(21)27(23)16-15-19-7-3-2-4-8-19/h5-6,9-14,19H,2-4,7-8,15-17H2,1H3,(H,25,28). The lowest BCUT2D eigenvalue weighted by Crippen LogP contribution is -2.25. The molecule has 4 rings (SSSR count). The highest BCUT2D eigenvalue weighted by atomic mass is 16.1. The number of hydrogen-bond donors (Lipinski definition) is 1. The van der Waals surface area contributed by atoms with E-state index >= 15 is 0 Å². The van der Waals surface area contributed by atoms with Crippen molar-refractivity contribution in [3.8, 4) is 0 Å². The number of fused-ring (bicyclic) bond motifs is 1. The summed E-state index contributed by atoms with van der Waals surface area (Å²) in [7, 11) is 0. The number of aryl methyl sites for hydroxylation is 2. The van der Waals surface area contributed by atoms with Crippen molar-refractivity contribution in [1.29, 1.82) is 0 Å². The van der Waals surface area contributed by atoms with Gasteiger partial charge in [0.05, 0.1) is 17.6 Å². The summed E-state index contributed by atoms with van der Waals surface area (Å²) in [5.74, 6) is 1.72. The first-order valence-electron chi connectivity index (χ1n) is 10.5. The predicted octanol–water partition coefficient (Wildman–Crippen LogP) is 5.25. The summed E-state index contributed by atoms with van der Waals surface area (Å²) in [6.45, 7) is 3.45. The maximum absolute atomic E-state index is 12.5. The van der Waals surface area contributed by atoms with Crippen molar-refractivity contribution in [2.45, 2.75) is 58.5 Å². The summed E-state index contributed by atoms with van der Waals surface area (Å²) in [4.78, 5) is 17.3. The van der Waals surface area contributed by atoms with Crippen LogP contribution >= 0.6 is 0 Å². The molecule has 0 saturated heterocycles. The van der Waals surface area contributed by atoms with Crippen LogP contribution in [0.15, 0.2) is 48.5 Å². The quantitative estimate of drug-likeness (QED) is 0.640. The molecule has 1 saturated carbocycles. The highest BCUT2D eigenvalue weighted by molar-refractivity contribution is 5.94. The van der Waals surface area contributed by atoms with E-state index in [4.69, 9.17) is 4.98 Å². The summed E-state index contributed by atoms with van der Waals surface area (Å²) in [5, 5.41) is 3.05. The summed E-state index contributed by atoms with van der Waals surface area (Å²) >= 11 is 0. The first-order chi connectivity index (χ1) is 13.7. The van der Waals surface area contributed by atoms with Crippen LogP contribution in [0.2, 0.25) is 0 Å². The molecule has 146 valence electrons. The molecule has 1 aliphatic rings. The van der Waals surface area contributed by atoms with Crippen molar-refractivity contribution in [2.24, 2.45) is 5.92 Å². The van der Waals surface area contributed by atoms with Gasteiger partial charge in [0.1, 0.15) is 5.82 Å². The van der Waals surface area contributed by atoms with Crippen LogP contribution in [-0.4, -0.2) is 15.5 Å². The maximum Gasteiger partial charge on any atom is 0.251 e. The van der Waals surface area contributed by atoms with Crippen molar-refractivity contribution in [2.75, 3.05) is 0 Å². The van der Waals surface area contributed by atoms with Gasteiger partial charge in [0.15, 0.2) is 0 Å². The van der Waals surface area contributed by atoms with Gasteiger partial charge < -0.3 is 9.88 Å². The molecule has 0 bridgehead atoms. The van der Waals surface area contributed by atoms with Crippen molar-refractivity contribution in [3.05, 3.63) is 65.5 Å². The Morgan fingerprint density at radius 2 is 1.82 bits per heavy atom. The van der Waals surface area contributed by atoms with E-state index in [-0.39, 0.29) is 5.91 Å². The van der Waals surface area contributed by atoms with Crippen LogP contribution in [0.3, 0.4) is 0 Å². The second-order valence-electron chi connectivity index (χ2n) is 8.01. The molecular formula is C24H29N3O. The third-order valence-corrected chi connectivity index (χ3v) is 5.94. The van der Waals surface area contributed by atoms with E-state index in [1.54, 1.807) is 0 Å². The Bertz CT molecular complexity index is 936. The molecule has 28 heavy (non-hydrogen) atoms. The number of nitrogens with zero attached hydrogens (tertiary/aromatic N) is 2. The summed E-state index contributed by atoms with van der Waals surface area (Å²) < 4.78 is 2.30. The highest BCUT2D eigenvalue weighted by Crippen LogP contribution is 2.27. The first-order valence-corrected chi connectivity index (χ1v) is 10.5. The van der Waals surface area contributed by atoms with Crippen molar-refractivity contribution < 1.29 is 4.79 Å². The van der Waals surface area contributed by atoms with E-state index in [2.05, 4.69) is 28.1 Å². The van der Waals surface area contributed by atoms with Gasteiger partial charge in [-0.3, -0.25) is 4.79 Å². The Morgan fingerprint density at radius 3 is 2.61 bits per heavy atom. The SMILES string of the molecule is Cc1ccc(C(=O)NCc2nc3ccccc3n2CCC2CCCCC2)cc1. The van der Waals surface area contributed by atoms with Gasteiger partial charge in [0, 0.05) is 12.1 Å². The van der Waals surface area contributed by atoms with E-state index in [1.165, 1.54) is 38.5 Å². The number of carbonyl (C=O) groups is 1. The number of nitrogens with one attached hydrogen (secondary N) is 1. The lowest BCUT2D eigenvalue weighted by molar-refractivity contribution is 0.0949. The average Bonchev–Trinajstić information content (AvgIpc) is 3.09. The third-order valence-electron chi connectivity index (χ3n) is 5.94. The second kappa shape index (κ2) is 8.59. The van der Waals surface area contributed by atoms with Crippen molar-refractivity contribution >= 4 is 16.9 Å². The fourth-order valence-corrected chi connectivity index (χ4v) is 4.26.